The lowest BCUT2D eigenvalue weighted by atomic mass is 10.0. The number of aliphatic hydroxyl groups excluding tert-OH is 1. The second-order valence-electron chi connectivity index (χ2n) is 5.04. The van der Waals surface area contributed by atoms with Crippen molar-refractivity contribution in [2.75, 3.05) is 13.2 Å². The van der Waals surface area contributed by atoms with Gasteiger partial charge in [-0.1, -0.05) is 30.3 Å². The Morgan fingerprint density at radius 3 is 2.50 bits per heavy atom. The van der Waals surface area contributed by atoms with Gasteiger partial charge in [-0.15, -0.1) is 0 Å². The first-order valence-electron chi connectivity index (χ1n) is 6.99. The van der Waals surface area contributed by atoms with Gasteiger partial charge in [0.05, 0.1) is 0 Å². The minimum Gasteiger partial charge on any atom is -0.396 e. The highest BCUT2D eigenvalue weighted by Gasteiger charge is 2.14. The van der Waals surface area contributed by atoms with Crippen molar-refractivity contribution in [1.29, 1.82) is 0 Å². The molecule has 0 amide bonds. The van der Waals surface area contributed by atoms with Crippen LogP contribution in [0.2, 0.25) is 0 Å². The molecule has 0 saturated heterocycles. The van der Waals surface area contributed by atoms with Gasteiger partial charge in [-0.2, -0.15) is 24.5 Å². The summed E-state index contributed by atoms with van der Waals surface area (Å²) in [5.41, 5.74) is 2.00. The molecule has 1 unspecified atom stereocenters. The molecule has 2 aromatic rings. The van der Waals surface area contributed by atoms with Crippen LogP contribution in [0.5, 0.6) is 0 Å². The van der Waals surface area contributed by atoms with Gasteiger partial charge in [0.1, 0.15) is 0 Å². The van der Waals surface area contributed by atoms with Crippen molar-refractivity contribution < 1.29 is 13.5 Å². The van der Waals surface area contributed by atoms with Crippen LogP contribution in [0.25, 0.3) is 0 Å². The molecule has 0 spiro atoms. The second-order valence-corrected chi connectivity index (χ2v) is 7.41. The third-order valence-corrected chi connectivity index (χ3v) is 5.04. The van der Waals surface area contributed by atoms with E-state index < -0.39 is 10.2 Å². The van der Waals surface area contributed by atoms with Gasteiger partial charge in [0.25, 0.3) is 10.2 Å². The number of hydrogen-bond acceptors (Lipinski definition) is 4. The van der Waals surface area contributed by atoms with Crippen molar-refractivity contribution in [3.05, 3.63) is 58.3 Å². The highest BCUT2D eigenvalue weighted by Crippen LogP contribution is 2.12. The largest absolute Gasteiger partial charge is 0.396 e. The van der Waals surface area contributed by atoms with Crippen molar-refractivity contribution in [1.82, 2.24) is 9.44 Å². The van der Waals surface area contributed by atoms with E-state index in [2.05, 4.69) is 9.44 Å². The lowest BCUT2D eigenvalue weighted by Crippen LogP contribution is -2.39. The molecule has 1 atom stereocenters. The van der Waals surface area contributed by atoms with E-state index in [-0.39, 0.29) is 25.6 Å². The molecule has 22 heavy (non-hydrogen) atoms. The van der Waals surface area contributed by atoms with Crippen LogP contribution in [0.1, 0.15) is 11.1 Å². The van der Waals surface area contributed by atoms with Gasteiger partial charge in [0.15, 0.2) is 0 Å². The fourth-order valence-corrected chi connectivity index (χ4v) is 3.59. The molecule has 5 nitrogen and oxygen atoms in total. The van der Waals surface area contributed by atoms with E-state index in [0.29, 0.717) is 6.42 Å². The molecule has 2 rings (SSSR count). The molecular weight excluding hydrogens is 320 g/mol. The third kappa shape index (κ3) is 5.86. The van der Waals surface area contributed by atoms with Crippen molar-refractivity contribution in [3.8, 4) is 0 Å². The van der Waals surface area contributed by atoms with Gasteiger partial charge >= 0.3 is 0 Å². The Bertz CT molecular complexity index is 643. The zero-order valence-corrected chi connectivity index (χ0v) is 13.7. The molecule has 1 heterocycles. The van der Waals surface area contributed by atoms with Crippen LogP contribution in [0.4, 0.5) is 0 Å². The Kier molecular flexibility index (Phi) is 6.53. The molecule has 0 radical (unpaired) electrons. The van der Waals surface area contributed by atoms with E-state index in [9.17, 15) is 13.5 Å². The summed E-state index contributed by atoms with van der Waals surface area (Å²) in [5, 5.41) is 13.4. The quantitative estimate of drug-likeness (QED) is 0.648. The summed E-state index contributed by atoms with van der Waals surface area (Å²) < 4.78 is 28.8. The average molecular weight is 340 g/mol. The first kappa shape index (κ1) is 17.1. The van der Waals surface area contributed by atoms with Crippen LogP contribution < -0.4 is 9.44 Å². The summed E-state index contributed by atoms with van der Waals surface area (Å²) in [7, 11) is -3.57. The zero-order chi connectivity index (χ0) is 15.8. The van der Waals surface area contributed by atoms with Crippen LogP contribution in [0, 0.1) is 5.92 Å². The fraction of sp³-hybridized carbons (Fsp3) is 0.333. The molecule has 0 fully saturated rings. The predicted molar refractivity (Wildman–Crippen MR) is 88.8 cm³/mol. The molecule has 1 aromatic carbocycles. The summed E-state index contributed by atoms with van der Waals surface area (Å²) in [4.78, 5) is 0. The summed E-state index contributed by atoms with van der Waals surface area (Å²) in [6.45, 7) is 0.387. The van der Waals surface area contributed by atoms with E-state index in [4.69, 9.17) is 0 Å². The molecule has 0 saturated carbocycles. The third-order valence-electron chi connectivity index (χ3n) is 3.23. The summed E-state index contributed by atoms with van der Waals surface area (Å²) in [6, 6.07) is 11.3. The van der Waals surface area contributed by atoms with Crippen LogP contribution in [-0.2, 0) is 23.2 Å². The van der Waals surface area contributed by atoms with Crippen molar-refractivity contribution in [2.45, 2.75) is 13.0 Å². The SMILES string of the molecule is O=S(=O)(NCc1ccccc1)NCC(CO)Cc1ccsc1. The number of aliphatic hydroxyl groups is 1. The molecule has 0 aliphatic heterocycles. The summed E-state index contributed by atoms with van der Waals surface area (Å²) in [5.74, 6) is -0.136. The van der Waals surface area contributed by atoms with E-state index in [1.165, 1.54) is 0 Å². The van der Waals surface area contributed by atoms with Crippen LogP contribution in [0.15, 0.2) is 47.2 Å². The van der Waals surface area contributed by atoms with E-state index in [1.54, 1.807) is 11.3 Å². The van der Waals surface area contributed by atoms with Gasteiger partial charge in [-0.25, -0.2) is 4.72 Å². The van der Waals surface area contributed by atoms with Crippen molar-refractivity contribution in [2.24, 2.45) is 5.92 Å². The first-order valence-corrected chi connectivity index (χ1v) is 9.42. The summed E-state index contributed by atoms with van der Waals surface area (Å²) >= 11 is 1.59. The molecule has 0 aliphatic rings. The van der Waals surface area contributed by atoms with Gasteiger partial charge in [-0.05, 0) is 40.3 Å². The van der Waals surface area contributed by atoms with Gasteiger partial charge in [0.2, 0.25) is 0 Å². The van der Waals surface area contributed by atoms with E-state index in [1.807, 2.05) is 47.2 Å². The van der Waals surface area contributed by atoms with Crippen LogP contribution >= 0.6 is 11.3 Å². The Morgan fingerprint density at radius 2 is 1.86 bits per heavy atom. The Labute approximate surface area is 135 Å². The Hall–Kier alpha value is -1.25. The molecule has 7 heteroatoms. The molecule has 1 aromatic heterocycles. The number of nitrogens with one attached hydrogen (secondary N) is 2. The monoisotopic (exact) mass is 340 g/mol. The van der Waals surface area contributed by atoms with Gasteiger partial charge in [-0.3, -0.25) is 0 Å². The standard InChI is InChI=1S/C15H20N2O3S2/c18-11-15(8-14-6-7-21-12-14)10-17-22(19,20)16-9-13-4-2-1-3-5-13/h1-7,12,15-18H,8-11H2. The topological polar surface area (TPSA) is 78.4 Å². The lowest BCUT2D eigenvalue weighted by molar-refractivity contribution is 0.227. The maximum absolute atomic E-state index is 11.9. The number of hydrogen-bond donors (Lipinski definition) is 3. The number of rotatable bonds is 9. The van der Waals surface area contributed by atoms with Gasteiger partial charge < -0.3 is 5.11 Å². The predicted octanol–water partition coefficient (Wildman–Crippen LogP) is 1.52. The van der Waals surface area contributed by atoms with E-state index >= 15 is 0 Å². The van der Waals surface area contributed by atoms with Crippen molar-refractivity contribution in [3.63, 3.8) is 0 Å². The average Bonchev–Trinajstić information content (AvgIpc) is 3.03. The molecule has 0 bridgehead atoms. The number of benzene rings is 1. The maximum Gasteiger partial charge on any atom is 0.277 e. The second kappa shape index (κ2) is 8.40. The number of thiophene rings is 1. The zero-order valence-electron chi connectivity index (χ0n) is 12.1. The lowest BCUT2D eigenvalue weighted by Gasteiger charge is -2.15. The van der Waals surface area contributed by atoms with Crippen LogP contribution in [0.3, 0.4) is 0 Å². The Balaban J connectivity index is 1.80. The van der Waals surface area contributed by atoms with Crippen LogP contribution in [-0.4, -0.2) is 26.7 Å². The minimum absolute atomic E-state index is 0.0585. The summed E-state index contributed by atoms with van der Waals surface area (Å²) in [6.07, 6.45) is 0.654. The Morgan fingerprint density at radius 1 is 1.09 bits per heavy atom. The molecule has 120 valence electrons. The fourth-order valence-electron chi connectivity index (χ4n) is 2.00. The molecule has 3 N–H and O–H groups in total. The molecule has 0 aliphatic carbocycles. The minimum atomic E-state index is -3.57. The highest BCUT2D eigenvalue weighted by atomic mass is 32.2. The highest BCUT2D eigenvalue weighted by molar-refractivity contribution is 7.87. The smallest absolute Gasteiger partial charge is 0.277 e. The van der Waals surface area contributed by atoms with Gasteiger partial charge in [0, 0.05) is 19.7 Å². The first-order chi connectivity index (χ1) is 10.6. The van der Waals surface area contributed by atoms with E-state index in [0.717, 1.165) is 11.1 Å². The van der Waals surface area contributed by atoms with Crippen molar-refractivity contribution >= 4 is 21.5 Å². The normalized spacial score (nSPS) is 13.1. The maximum atomic E-state index is 11.9. The molecular formula is C15H20N2O3S2.